The third-order valence-electron chi connectivity index (χ3n) is 4.04. The molecule has 1 heterocycles. The molecular formula is C15H18N2O4. The minimum absolute atomic E-state index is 0.0509. The van der Waals surface area contributed by atoms with Crippen molar-refractivity contribution >= 4 is 17.3 Å². The maximum absolute atomic E-state index is 12.4. The van der Waals surface area contributed by atoms with Gasteiger partial charge in [0, 0.05) is 24.6 Å². The number of carbonyl (C=O) groups is 1. The van der Waals surface area contributed by atoms with Gasteiger partial charge in [-0.05, 0) is 38.3 Å². The van der Waals surface area contributed by atoms with Crippen molar-refractivity contribution < 1.29 is 14.5 Å². The molecule has 1 aliphatic carbocycles. The van der Waals surface area contributed by atoms with E-state index in [2.05, 4.69) is 0 Å². The average Bonchev–Trinajstić information content (AvgIpc) is 3.15. The van der Waals surface area contributed by atoms with E-state index in [0.717, 1.165) is 18.4 Å². The molecular weight excluding hydrogens is 272 g/mol. The van der Waals surface area contributed by atoms with Crippen LogP contribution in [0, 0.1) is 24.0 Å². The Kier molecular flexibility index (Phi) is 3.41. The van der Waals surface area contributed by atoms with Gasteiger partial charge in [0.2, 0.25) is 0 Å². The topological polar surface area (TPSA) is 72.7 Å². The molecule has 1 amide bonds. The summed E-state index contributed by atoms with van der Waals surface area (Å²) in [6.45, 7) is 4.13. The standard InChI is InChI=1S/C15H18N2O4/c1-9-7-10(2)13(17(19)20)8-12(9)16-6-5-14(15(16)18)21-11-3-4-11/h7-8,11,14H,3-6H2,1-2H3. The number of carbonyl (C=O) groups excluding carboxylic acids is 1. The molecule has 21 heavy (non-hydrogen) atoms. The first-order valence-electron chi connectivity index (χ1n) is 7.20. The van der Waals surface area contributed by atoms with E-state index in [1.165, 1.54) is 6.07 Å². The highest BCUT2D eigenvalue weighted by molar-refractivity contribution is 5.99. The lowest BCUT2D eigenvalue weighted by molar-refractivity contribution is -0.385. The van der Waals surface area contributed by atoms with Crippen molar-refractivity contribution in [2.24, 2.45) is 0 Å². The molecule has 0 aromatic heterocycles. The number of hydrogen-bond acceptors (Lipinski definition) is 4. The molecule has 6 heteroatoms. The summed E-state index contributed by atoms with van der Waals surface area (Å²) in [5.74, 6) is -0.0804. The Morgan fingerprint density at radius 3 is 2.57 bits per heavy atom. The number of aryl methyl sites for hydroxylation is 2. The summed E-state index contributed by atoms with van der Waals surface area (Å²) in [6, 6.07) is 3.26. The van der Waals surface area contributed by atoms with Gasteiger partial charge in [-0.25, -0.2) is 0 Å². The molecule has 1 aromatic carbocycles. The lowest BCUT2D eigenvalue weighted by Crippen LogP contribution is -2.31. The Bertz CT molecular complexity index is 610. The van der Waals surface area contributed by atoms with E-state index >= 15 is 0 Å². The first-order chi connectivity index (χ1) is 9.97. The summed E-state index contributed by atoms with van der Waals surface area (Å²) >= 11 is 0. The smallest absolute Gasteiger partial charge is 0.274 e. The Balaban J connectivity index is 1.87. The van der Waals surface area contributed by atoms with E-state index in [1.54, 1.807) is 17.9 Å². The molecule has 0 N–H and O–H groups in total. The van der Waals surface area contributed by atoms with Crippen LogP contribution in [0.5, 0.6) is 0 Å². The molecule has 0 bridgehead atoms. The second-order valence-corrected chi connectivity index (χ2v) is 5.78. The molecule has 2 aliphatic rings. The highest BCUT2D eigenvalue weighted by atomic mass is 16.6. The van der Waals surface area contributed by atoms with Crippen LogP contribution in [0.4, 0.5) is 11.4 Å². The molecule has 0 radical (unpaired) electrons. The summed E-state index contributed by atoms with van der Waals surface area (Å²) in [7, 11) is 0. The van der Waals surface area contributed by atoms with Gasteiger partial charge in [-0.3, -0.25) is 14.9 Å². The summed E-state index contributed by atoms with van der Waals surface area (Å²) in [5, 5.41) is 11.1. The van der Waals surface area contributed by atoms with E-state index in [1.807, 2.05) is 6.92 Å². The summed E-state index contributed by atoms with van der Waals surface area (Å²) < 4.78 is 5.70. The predicted molar refractivity (Wildman–Crippen MR) is 77.4 cm³/mol. The fourth-order valence-electron chi connectivity index (χ4n) is 2.77. The Hall–Kier alpha value is -1.95. The fourth-order valence-corrected chi connectivity index (χ4v) is 2.77. The van der Waals surface area contributed by atoms with Gasteiger partial charge in [0.25, 0.3) is 11.6 Å². The molecule has 2 fully saturated rings. The van der Waals surface area contributed by atoms with E-state index in [0.29, 0.717) is 24.2 Å². The van der Waals surface area contributed by atoms with Crippen LogP contribution in [-0.2, 0) is 9.53 Å². The SMILES string of the molecule is Cc1cc(C)c([N+](=O)[O-])cc1N1CCC(OC2CC2)C1=O. The highest BCUT2D eigenvalue weighted by Crippen LogP contribution is 2.34. The van der Waals surface area contributed by atoms with E-state index < -0.39 is 11.0 Å². The van der Waals surface area contributed by atoms with Crippen LogP contribution >= 0.6 is 0 Å². The zero-order chi connectivity index (χ0) is 15.1. The van der Waals surface area contributed by atoms with E-state index in [9.17, 15) is 14.9 Å². The van der Waals surface area contributed by atoms with Crippen LogP contribution in [0.15, 0.2) is 12.1 Å². The van der Waals surface area contributed by atoms with Gasteiger partial charge in [-0.15, -0.1) is 0 Å². The number of amides is 1. The maximum atomic E-state index is 12.4. The number of nitro benzene ring substituents is 1. The Morgan fingerprint density at radius 1 is 1.24 bits per heavy atom. The van der Waals surface area contributed by atoms with Gasteiger partial charge in [-0.2, -0.15) is 0 Å². The molecule has 1 saturated carbocycles. The summed E-state index contributed by atoms with van der Waals surface area (Å²) in [6.07, 6.45) is 2.54. The van der Waals surface area contributed by atoms with E-state index in [4.69, 9.17) is 4.74 Å². The second kappa shape index (κ2) is 5.11. The third kappa shape index (κ3) is 2.63. The van der Waals surface area contributed by atoms with Crippen LogP contribution in [0.3, 0.4) is 0 Å². The van der Waals surface area contributed by atoms with Crippen molar-refractivity contribution in [3.63, 3.8) is 0 Å². The largest absolute Gasteiger partial charge is 0.365 e. The first kappa shape index (κ1) is 14.0. The molecule has 0 spiro atoms. The van der Waals surface area contributed by atoms with Gasteiger partial charge < -0.3 is 9.64 Å². The second-order valence-electron chi connectivity index (χ2n) is 5.78. The maximum Gasteiger partial charge on any atom is 0.274 e. The zero-order valence-corrected chi connectivity index (χ0v) is 12.2. The van der Waals surface area contributed by atoms with Crippen molar-refractivity contribution in [2.75, 3.05) is 11.4 Å². The minimum Gasteiger partial charge on any atom is -0.365 e. The first-order valence-corrected chi connectivity index (χ1v) is 7.20. The van der Waals surface area contributed by atoms with Crippen molar-refractivity contribution in [1.82, 2.24) is 0 Å². The number of ether oxygens (including phenoxy) is 1. The third-order valence-corrected chi connectivity index (χ3v) is 4.04. The van der Waals surface area contributed by atoms with Gasteiger partial charge in [0.05, 0.1) is 16.7 Å². The number of rotatable bonds is 4. The average molecular weight is 290 g/mol. The molecule has 1 aromatic rings. The highest BCUT2D eigenvalue weighted by Gasteiger charge is 2.38. The molecule has 1 unspecified atom stereocenters. The number of nitrogens with zero attached hydrogens (tertiary/aromatic N) is 2. The van der Waals surface area contributed by atoms with Crippen molar-refractivity contribution in [1.29, 1.82) is 0 Å². The summed E-state index contributed by atoms with van der Waals surface area (Å²) in [4.78, 5) is 24.7. The van der Waals surface area contributed by atoms with Crippen molar-refractivity contribution in [3.8, 4) is 0 Å². The van der Waals surface area contributed by atoms with Crippen LogP contribution in [-0.4, -0.2) is 29.6 Å². The van der Waals surface area contributed by atoms with Gasteiger partial charge >= 0.3 is 0 Å². The van der Waals surface area contributed by atoms with E-state index in [-0.39, 0.29) is 17.7 Å². The van der Waals surface area contributed by atoms with Crippen LogP contribution in [0.25, 0.3) is 0 Å². The molecule has 1 atom stereocenters. The lowest BCUT2D eigenvalue weighted by Gasteiger charge is -2.19. The minimum atomic E-state index is -0.406. The van der Waals surface area contributed by atoms with Crippen molar-refractivity contribution in [2.45, 2.75) is 45.3 Å². The lowest BCUT2D eigenvalue weighted by atomic mass is 10.1. The molecule has 1 aliphatic heterocycles. The van der Waals surface area contributed by atoms with Gasteiger partial charge in [0.15, 0.2) is 0 Å². The van der Waals surface area contributed by atoms with Gasteiger partial charge in [0.1, 0.15) is 6.10 Å². The Labute approximate surface area is 122 Å². The molecule has 3 rings (SSSR count). The number of anilines is 1. The normalized spacial score (nSPS) is 21.9. The number of benzene rings is 1. The predicted octanol–water partition coefficient (Wildman–Crippen LogP) is 2.50. The van der Waals surface area contributed by atoms with Crippen LogP contribution in [0.2, 0.25) is 0 Å². The van der Waals surface area contributed by atoms with Crippen molar-refractivity contribution in [3.05, 3.63) is 33.4 Å². The van der Waals surface area contributed by atoms with Gasteiger partial charge in [-0.1, -0.05) is 0 Å². The van der Waals surface area contributed by atoms with Crippen LogP contribution < -0.4 is 4.90 Å². The molecule has 6 nitrogen and oxygen atoms in total. The monoisotopic (exact) mass is 290 g/mol. The molecule has 1 saturated heterocycles. The number of hydrogen-bond donors (Lipinski definition) is 0. The fraction of sp³-hybridized carbons (Fsp3) is 0.533. The molecule has 112 valence electrons. The quantitative estimate of drug-likeness (QED) is 0.631. The summed E-state index contributed by atoms with van der Waals surface area (Å²) in [5.41, 5.74) is 2.16. The Morgan fingerprint density at radius 2 is 1.95 bits per heavy atom. The number of nitro groups is 1. The zero-order valence-electron chi connectivity index (χ0n) is 12.2. The van der Waals surface area contributed by atoms with Crippen LogP contribution in [0.1, 0.15) is 30.4 Å².